The van der Waals surface area contributed by atoms with Crippen molar-refractivity contribution in [3.63, 3.8) is 0 Å². The lowest BCUT2D eigenvalue weighted by Crippen LogP contribution is -2.37. The number of hydrogen-bond donors (Lipinski definition) is 2. The summed E-state index contributed by atoms with van der Waals surface area (Å²) in [6.45, 7) is 3.29. The Kier molecular flexibility index (Phi) is 4.90. The van der Waals surface area contributed by atoms with Gasteiger partial charge in [0.25, 0.3) is 0 Å². The second-order valence-electron chi connectivity index (χ2n) is 7.44. The largest absolute Gasteiger partial charge is 0.378 e. The Morgan fingerprint density at radius 1 is 1.16 bits per heavy atom. The number of anilines is 2. The number of nitrogens with zero attached hydrogens (tertiary/aromatic N) is 6. The third-order valence-corrected chi connectivity index (χ3v) is 6.28. The van der Waals surface area contributed by atoms with E-state index in [4.69, 9.17) is 26.3 Å². The molecule has 5 aromatic rings. The summed E-state index contributed by atoms with van der Waals surface area (Å²) in [7, 11) is 0. The molecule has 1 aliphatic heterocycles. The fraction of sp³-hybridized carbons (Fsp3) is 0.238. The Hall–Kier alpha value is -3.21. The molecule has 1 aliphatic rings. The van der Waals surface area contributed by atoms with Gasteiger partial charge in [0.2, 0.25) is 5.95 Å². The molecular formula is C21H19ClN8OS. The van der Waals surface area contributed by atoms with E-state index in [9.17, 15) is 0 Å². The van der Waals surface area contributed by atoms with Gasteiger partial charge in [-0.15, -0.1) is 0 Å². The van der Waals surface area contributed by atoms with E-state index >= 15 is 0 Å². The van der Waals surface area contributed by atoms with E-state index in [-0.39, 0.29) is 0 Å². The van der Waals surface area contributed by atoms with Crippen molar-refractivity contribution in [3.8, 4) is 5.69 Å². The zero-order chi connectivity index (χ0) is 21.5. The molecule has 0 bridgehead atoms. The van der Waals surface area contributed by atoms with Crippen LogP contribution in [0.1, 0.15) is 5.82 Å². The lowest BCUT2D eigenvalue weighted by atomic mass is 10.3. The minimum Gasteiger partial charge on any atom is -0.378 e. The molecule has 6 rings (SSSR count). The Morgan fingerprint density at radius 3 is 2.91 bits per heavy atom. The van der Waals surface area contributed by atoms with Crippen molar-refractivity contribution in [2.75, 3.05) is 36.5 Å². The lowest BCUT2D eigenvalue weighted by Gasteiger charge is -2.27. The van der Waals surface area contributed by atoms with Crippen LogP contribution in [0.25, 0.3) is 27.9 Å². The number of aromatic nitrogens is 6. The van der Waals surface area contributed by atoms with Crippen LogP contribution in [0, 0.1) is 0 Å². The van der Waals surface area contributed by atoms with Crippen molar-refractivity contribution in [1.82, 2.24) is 29.5 Å². The molecule has 4 aromatic heterocycles. The fourth-order valence-corrected chi connectivity index (χ4v) is 4.59. The Bertz CT molecular complexity index is 1390. The summed E-state index contributed by atoms with van der Waals surface area (Å²) < 4.78 is 7.49. The molecular weight excluding hydrogens is 448 g/mol. The minimum absolute atomic E-state index is 0.465. The highest BCUT2D eigenvalue weighted by molar-refractivity contribution is 7.08. The van der Waals surface area contributed by atoms with Crippen molar-refractivity contribution in [2.45, 2.75) is 6.54 Å². The first-order chi connectivity index (χ1) is 15.7. The van der Waals surface area contributed by atoms with E-state index in [2.05, 4.69) is 36.6 Å². The maximum Gasteiger partial charge on any atom is 0.229 e. The van der Waals surface area contributed by atoms with Crippen LogP contribution in [0.4, 0.5) is 11.8 Å². The van der Waals surface area contributed by atoms with Crippen molar-refractivity contribution in [1.29, 1.82) is 0 Å². The maximum atomic E-state index is 6.10. The average Bonchev–Trinajstić information content (AvgIpc) is 3.56. The van der Waals surface area contributed by atoms with Crippen LogP contribution >= 0.6 is 22.9 Å². The summed E-state index contributed by atoms with van der Waals surface area (Å²) in [5.74, 6) is 2.12. The summed E-state index contributed by atoms with van der Waals surface area (Å²) in [4.78, 5) is 24.4. The van der Waals surface area contributed by atoms with Gasteiger partial charge in [-0.05, 0) is 29.6 Å². The van der Waals surface area contributed by atoms with E-state index in [1.165, 1.54) is 0 Å². The summed E-state index contributed by atoms with van der Waals surface area (Å²) in [6, 6.07) is 7.66. The summed E-state index contributed by atoms with van der Waals surface area (Å²) in [6.07, 6.45) is 1.79. The lowest BCUT2D eigenvalue weighted by molar-refractivity contribution is 0.122. The molecule has 0 aliphatic carbocycles. The quantitative estimate of drug-likeness (QED) is 0.406. The highest BCUT2D eigenvalue weighted by Crippen LogP contribution is 2.27. The number of aromatic amines is 1. The normalized spacial score (nSPS) is 14.5. The molecule has 5 heterocycles. The van der Waals surface area contributed by atoms with Gasteiger partial charge in [-0.3, -0.25) is 4.57 Å². The third-order valence-electron chi connectivity index (χ3n) is 5.38. The monoisotopic (exact) mass is 466 g/mol. The molecule has 1 saturated heterocycles. The molecule has 1 aromatic carbocycles. The number of H-pyrrole nitrogens is 1. The smallest absolute Gasteiger partial charge is 0.229 e. The second kappa shape index (κ2) is 8.05. The van der Waals surface area contributed by atoms with Crippen LogP contribution in [0.15, 0.2) is 41.4 Å². The first-order valence-corrected chi connectivity index (χ1v) is 11.5. The first-order valence-electron chi connectivity index (χ1n) is 10.2. The van der Waals surface area contributed by atoms with Gasteiger partial charge >= 0.3 is 0 Å². The molecule has 0 amide bonds. The van der Waals surface area contributed by atoms with E-state index in [0.29, 0.717) is 42.1 Å². The van der Waals surface area contributed by atoms with Gasteiger partial charge in [-0.1, -0.05) is 11.6 Å². The van der Waals surface area contributed by atoms with Crippen molar-refractivity contribution in [2.24, 2.45) is 0 Å². The number of fused-ring (bicyclic) bond motifs is 2. The molecule has 0 saturated carbocycles. The van der Waals surface area contributed by atoms with Gasteiger partial charge in [0.1, 0.15) is 12.2 Å². The molecule has 0 atom stereocenters. The number of halogens is 1. The van der Waals surface area contributed by atoms with Crippen LogP contribution in [0.3, 0.4) is 0 Å². The van der Waals surface area contributed by atoms with Gasteiger partial charge in [0.15, 0.2) is 17.0 Å². The van der Waals surface area contributed by atoms with Gasteiger partial charge < -0.3 is 19.9 Å². The van der Waals surface area contributed by atoms with Gasteiger partial charge in [-0.25, -0.2) is 9.97 Å². The highest BCUT2D eigenvalue weighted by atomic mass is 35.5. The molecule has 2 N–H and O–H groups in total. The SMILES string of the molecule is Clc1ccc2nc(CNc3nc(N4CCOCC4)nc4c3ncn4-c3ccsc3)[nH]c2c1. The van der Waals surface area contributed by atoms with Gasteiger partial charge in [-0.2, -0.15) is 21.3 Å². The number of ether oxygens (including phenoxy) is 1. The predicted octanol–water partition coefficient (Wildman–Crippen LogP) is 3.86. The van der Waals surface area contributed by atoms with Crippen LogP contribution in [0.2, 0.25) is 5.02 Å². The van der Waals surface area contributed by atoms with Crippen LogP contribution < -0.4 is 10.2 Å². The number of hydrogen-bond acceptors (Lipinski definition) is 8. The van der Waals surface area contributed by atoms with Crippen LogP contribution in [-0.4, -0.2) is 55.8 Å². The number of nitrogens with one attached hydrogen (secondary N) is 2. The molecule has 32 heavy (non-hydrogen) atoms. The van der Waals surface area contributed by atoms with E-state index in [1.807, 2.05) is 28.1 Å². The van der Waals surface area contributed by atoms with Gasteiger partial charge in [0, 0.05) is 23.5 Å². The van der Waals surface area contributed by atoms with Crippen LogP contribution in [-0.2, 0) is 11.3 Å². The minimum atomic E-state index is 0.465. The number of rotatable bonds is 5. The van der Waals surface area contributed by atoms with Gasteiger partial charge in [0.05, 0.1) is 36.5 Å². The Morgan fingerprint density at radius 2 is 2.06 bits per heavy atom. The first kappa shape index (κ1) is 19.5. The van der Waals surface area contributed by atoms with Crippen molar-refractivity contribution < 1.29 is 4.74 Å². The van der Waals surface area contributed by atoms with E-state index < -0.39 is 0 Å². The highest BCUT2D eigenvalue weighted by Gasteiger charge is 2.20. The maximum absolute atomic E-state index is 6.10. The predicted molar refractivity (Wildman–Crippen MR) is 126 cm³/mol. The second-order valence-corrected chi connectivity index (χ2v) is 8.65. The average molecular weight is 467 g/mol. The molecule has 0 unspecified atom stereocenters. The molecule has 11 heteroatoms. The van der Waals surface area contributed by atoms with Crippen molar-refractivity contribution >= 4 is 56.9 Å². The third kappa shape index (κ3) is 3.56. The summed E-state index contributed by atoms with van der Waals surface area (Å²) >= 11 is 7.74. The Balaban J connectivity index is 1.38. The zero-order valence-electron chi connectivity index (χ0n) is 17.0. The summed E-state index contributed by atoms with van der Waals surface area (Å²) in [5, 5.41) is 8.20. The standard InChI is InChI=1S/C21H19ClN8OS/c22-13-1-2-15-16(9-13)26-17(25-15)10-23-19-18-20(30(12-24-18)14-3-8-32-11-14)28-21(27-19)29-4-6-31-7-5-29/h1-3,8-9,11-12H,4-7,10H2,(H,25,26)(H,23,27,28). The number of morpholine rings is 1. The Labute approximate surface area is 192 Å². The number of thiophene rings is 1. The molecule has 0 radical (unpaired) electrons. The van der Waals surface area contributed by atoms with E-state index in [0.717, 1.165) is 41.3 Å². The molecule has 1 fully saturated rings. The summed E-state index contributed by atoms with van der Waals surface area (Å²) in [5.41, 5.74) is 4.28. The topological polar surface area (TPSA) is 96.8 Å². The fourth-order valence-electron chi connectivity index (χ4n) is 3.79. The number of imidazole rings is 2. The number of benzene rings is 1. The van der Waals surface area contributed by atoms with E-state index in [1.54, 1.807) is 17.7 Å². The molecule has 0 spiro atoms. The zero-order valence-corrected chi connectivity index (χ0v) is 18.5. The van der Waals surface area contributed by atoms with Crippen molar-refractivity contribution in [3.05, 3.63) is 52.2 Å². The van der Waals surface area contributed by atoms with Crippen LogP contribution in [0.5, 0.6) is 0 Å². The molecule has 9 nitrogen and oxygen atoms in total. The molecule has 162 valence electrons.